The van der Waals surface area contributed by atoms with Crippen molar-refractivity contribution in [2.75, 3.05) is 17.7 Å². The maximum atomic E-state index is 12.3. The van der Waals surface area contributed by atoms with E-state index in [1.807, 2.05) is 13.8 Å². The molecule has 0 radical (unpaired) electrons. The molecule has 2 rings (SSSR count). The third kappa shape index (κ3) is 5.94. The normalized spacial score (nSPS) is 10.6. The Hall–Kier alpha value is -3.35. The van der Waals surface area contributed by atoms with Gasteiger partial charge in [0, 0.05) is 23.0 Å². The molecule has 136 valence electrons. The molecule has 0 saturated heterocycles. The van der Waals surface area contributed by atoms with Gasteiger partial charge in [0.25, 0.3) is 5.91 Å². The Morgan fingerprint density at radius 3 is 2.08 bits per heavy atom. The highest BCUT2D eigenvalue weighted by atomic mass is 16.6. The molecule has 0 unspecified atom stereocenters. The van der Waals surface area contributed by atoms with Crippen molar-refractivity contribution in [3.63, 3.8) is 0 Å². The van der Waals surface area contributed by atoms with Gasteiger partial charge in [-0.15, -0.1) is 0 Å². The quantitative estimate of drug-likeness (QED) is 0.548. The van der Waals surface area contributed by atoms with Gasteiger partial charge < -0.3 is 20.8 Å². The lowest BCUT2D eigenvalue weighted by Crippen LogP contribution is -2.34. The van der Waals surface area contributed by atoms with Crippen LogP contribution in [0.15, 0.2) is 53.7 Å². The summed E-state index contributed by atoms with van der Waals surface area (Å²) >= 11 is 0. The Morgan fingerprint density at radius 1 is 0.962 bits per heavy atom. The van der Waals surface area contributed by atoms with E-state index >= 15 is 0 Å². The summed E-state index contributed by atoms with van der Waals surface area (Å²) < 4.78 is 0. The number of nitrogens with zero attached hydrogens (tertiary/aromatic N) is 1. The number of benzene rings is 2. The number of oxime groups is 1. The highest BCUT2D eigenvalue weighted by molar-refractivity contribution is 6.04. The molecular weight excluding hydrogens is 332 g/mol. The summed E-state index contributed by atoms with van der Waals surface area (Å²) in [5.74, 6) is -0.224. The third-order valence-corrected chi connectivity index (χ3v) is 3.30. The molecule has 0 aliphatic rings. The number of nitrogens with one attached hydrogen (secondary N) is 3. The van der Waals surface area contributed by atoms with Crippen LogP contribution in [0.25, 0.3) is 0 Å². The van der Waals surface area contributed by atoms with Crippen LogP contribution in [0, 0.1) is 0 Å². The topological polar surface area (TPSA) is 91.8 Å². The molecule has 0 atom stereocenters. The van der Waals surface area contributed by atoms with E-state index in [1.165, 1.54) is 7.11 Å². The first-order chi connectivity index (χ1) is 12.5. The van der Waals surface area contributed by atoms with Crippen molar-refractivity contribution in [2.45, 2.75) is 19.9 Å². The first-order valence-corrected chi connectivity index (χ1v) is 8.13. The summed E-state index contributed by atoms with van der Waals surface area (Å²) in [6.45, 7) is 3.77. The van der Waals surface area contributed by atoms with Crippen LogP contribution in [0.2, 0.25) is 0 Å². The van der Waals surface area contributed by atoms with Crippen molar-refractivity contribution < 1.29 is 14.4 Å². The van der Waals surface area contributed by atoms with Crippen LogP contribution >= 0.6 is 0 Å². The molecule has 7 nitrogen and oxygen atoms in total. The molecule has 0 aliphatic heterocycles. The van der Waals surface area contributed by atoms with Crippen LogP contribution < -0.4 is 16.0 Å². The van der Waals surface area contributed by atoms with Crippen LogP contribution in [0.3, 0.4) is 0 Å². The number of carbonyl (C=O) groups excluding carboxylic acids is 2. The van der Waals surface area contributed by atoms with E-state index < -0.39 is 0 Å². The molecule has 0 aromatic heterocycles. The van der Waals surface area contributed by atoms with E-state index in [-0.39, 0.29) is 18.0 Å². The summed E-state index contributed by atoms with van der Waals surface area (Å²) in [5, 5.41) is 11.9. The summed E-state index contributed by atoms with van der Waals surface area (Å²) in [6, 6.07) is 13.6. The zero-order chi connectivity index (χ0) is 18.9. The van der Waals surface area contributed by atoms with Gasteiger partial charge in [-0.1, -0.05) is 17.3 Å². The average Bonchev–Trinajstić information content (AvgIpc) is 2.61. The second kappa shape index (κ2) is 9.22. The Balaban J connectivity index is 1.94. The smallest absolute Gasteiger partial charge is 0.319 e. The second-order valence-electron chi connectivity index (χ2n) is 5.82. The standard InChI is InChI=1S/C19H22N4O3/c1-13(2)21-19(25)23-17-10-8-16(9-11-17)22-18(24)15-6-4-14(5-7-15)12-20-26-3/h4-13H,1-3H3,(H,22,24)(H2,21,23,25)/b20-12+. The Bertz CT molecular complexity index is 768. The maximum Gasteiger partial charge on any atom is 0.319 e. The number of hydrogen-bond donors (Lipinski definition) is 3. The molecule has 0 fully saturated rings. The zero-order valence-corrected chi connectivity index (χ0v) is 14.9. The highest BCUT2D eigenvalue weighted by Gasteiger charge is 2.07. The van der Waals surface area contributed by atoms with Crippen LogP contribution in [0.4, 0.5) is 16.2 Å². The Morgan fingerprint density at radius 2 is 1.54 bits per heavy atom. The zero-order valence-electron chi connectivity index (χ0n) is 14.9. The van der Waals surface area contributed by atoms with E-state index in [2.05, 4.69) is 25.9 Å². The van der Waals surface area contributed by atoms with Crippen LogP contribution in [0.1, 0.15) is 29.8 Å². The number of rotatable bonds is 6. The minimum Gasteiger partial charge on any atom is -0.399 e. The van der Waals surface area contributed by atoms with Gasteiger partial charge in [-0.3, -0.25) is 4.79 Å². The monoisotopic (exact) mass is 354 g/mol. The van der Waals surface area contributed by atoms with Gasteiger partial charge in [0.15, 0.2) is 0 Å². The number of carbonyl (C=O) groups is 2. The third-order valence-electron chi connectivity index (χ3n) is 3.30. The Kier molecular flexibility index (Phi) is 6.73. The molecule has 2 aromatic rings. The second-order valence-corrected chi connectivity index (χ2v) is 5.82. The van der Waals surface area contributed by atoms with Crippen molar-refractivity contribution in [3.8, 4) is 0 Å². The van der Waals surface area contributed by atoms with Gasteiger partial charge in [-0.2, -0.15) is 0 Å². The molecule has 0 aliphatic carbocycles. The molecule has 3 N–H and O–H groups in total. The summed E-state index contributed by atoms with van der Waals surface area (Å²) in [5.41, 5.74) is 2.63. The fourth-order valence-corrected chi connectivity index (χ4v) is 2.10. The van der Waals surface area contributed by atoms with Gasteiger partial charge in [0.2, 0.25) is 0 Å². The largest absolute Gasteiger partial charge is 0.399 e. The predicted molar refractivity (Wildman–Crippen MR) is 103 cm³/mol. The van der Waals surface area contributed by atoms with E-state index in [9.17, 15) is 9.59 Å². The molecule has 0 spiro atoms. The fraction of sp³-hybridized carbons (Fsp3) is 0.211. The Labute approximate surface area is 152 Å². The lowest BCUT2D eigenvalue weighted by atomic mass is 10.1. The molecule has 0 heterocycles. The van der Waals surface area contributed by atoms with Gasteiger partial charge in [-0.05, 0) is 55.8 Å². The number of hydrogen-bond acceptors (Lipinski definition) is 4. The summed E-state index contributed by atoms with van der Waals surface area (Å²) in [4.78, 5) is 28.5. The molecule has 0 saturated carbocycles. The molecule has 0 bridgehead atoms. The predicted octanol–water partition coefficient (Wildman–Crippen LogP) is 3.45. The molecule has 2 aromatic carbocycles. The van der Waals surface area contributed by atoms with Crippen molar-refractivity contribution in [2.24, 2.45) is 5.16 Å². The van der Waals surface area contributed by atoms with E-state index in [0.717, 1.165) is 5.56 Å². The van der Waals surface area contributed by atoms with Gasteiger partial charge in [0.05, 0.1) is 6.21 Å². The molecule has 3 amide bonds. The highest BCUT2D eigenvalue weighted by Crippen LogP contribution is 2.15. The molecule has 26 heavy (non-hydrogen) atoms. The van der Waals surface area contributed by atoms with Crippen LogP contribution in [-0.4, -0.2) is 31.3 Å². The van der Waals surface area contributed by atoms with E-state index in [1.54, 1.807) is 54.7 Å². The molecular formula is C19H22N4O3. The van der Waals surface area contributed by atoms with Gasteiger partial charge in [0.1, 0.15) is 7.11 Å². The average molecular weight is 354 g/mol. The van der Waals surface area contributed by atoms with Crippen molar-refractivity contribution in [1.82, 2.24) is 5.32 Å². The minimum atomic E-state index is -0.270. The van der Waals surface area contributed by atoms with Gasteiger partial charge >= 0.3 is 6.03 Å². The SMILES string of the molecule is CO/N=C/c1ccc(C(=O)Nc2ccc(NC(=O)NC(C)C)cc2)cc1. The van der Waals surface area contributed by atoms with Crippen molar-refractivity contribution >= 4 is 29.5 Å². The number of amides is 3. The number of anilines is 2. The first kappa shape index (κ1) is 19.0. The fourth-order valence-electron chi connectivity index (χ4n) is 2.10. The van der Waals surface area contributed by atoms with Crippen LogP contribution in [0.5, 0.6) is 0 Å². The maximum absolute atomic E-state index is 12.3. The lowest BCUT2D eigenvalue weighted by Gasteiger charge is -2.11. The van der Waals surface area contributed by atoms with E-state index in [4.69, 9.17) is 0 Å². The van der Waals surface area contributed by atoms with Crippen LogP contribution in [-0.2, 0) is 4.84 Å². The first-order valence-electron chi connectivity index (χ1n) is 8.13. The summed E-state index contributed by atoms with van der Waals surface area (Å²) in [7, 11) is 1.47. The van der Waals surface area contributed by atoms with E-state index in [0.29, 0.717) is 16.9 Å². The number of urea groups is 1. The van der Waals surface area contributed by atoms with Crippen molar-refractivity contribution in [3.05, 3.63) is 59.7 Å². The van der Waals surface area contributed by atoms with Gasteiger partial charge in [-0.25, -0.2) is 4.79 Å². The molecule has 7 heteroatoms. The van der Waals surface area contributed by atoms with Crippen molar-refractivity contribution in [1.29, 1.82) is 0 Å². The lowest BCUT2D eigenvalue weighted by molar-refractivity contribution is 0.102. The minimum absolute atomic E-state index is 0.0562. The summed E-state index contributed by atoms with van der Waals surface area (Å²) in [6.07, 6.45) is 1.56.